The molecule has 3 heterocycles. The van der Waals surface area contributed by atoms with Crippen molar-refractivity contribution in [3.63, 3.8) is 0 Å². The summed E-state index contributed by atoms with van der Waals surface area (Å²) in [4.78, 5) is 8.57. The topological polar surface area (TPSA) is 33.5 Å². The number of anilines is 4. The molecule has 0 aliphatic carbocycles. The molecule has 0 N–H and O–H groups in total. The quantitative estimate of drug-likeness (QED) is 0.180. The first-order valence-electron chi connectivity index (χ1n) is 19.0. The van der Waals surface area contributed by atoms with E-state index in [0.717, 1.165) is 45.1 Å². The molecule has 0 saturated heterocycles. The Morgan fingerprint density at radius 2 is 1.39 bits per heavy atom. The van der Waals surface area contributed by atoms with Crippen LogP contribution in [0.25, 0.3) is 27.6 Å². The molecule has 0 bridgehead atoms. The van der Waals surface area contributed by atoms with Crippen LogP contribution in [0.4, 0.5) is 22.7 Å². The maximum absolute atomic E-state index is 8.12. The highest BCUT2D eigenvalue weighted by Crippen LogP contribution is 2.50. The van der Waals surface area contributed by atoms with Crippen LogP contribution in [-0.2, 0) is 5.41 Å². The molecule has 49 heavy (non-hydrogen) atoms. The van der Waals surface area contributed by atoms with Crippen molar-refractivity contribution < 1.29 is 13.0 Å². The molecule has 0 fully saturated rings. The van der Waals surface area contributed by atoms with Crippen LogP contribution in [0.1, 0.15) is 45.7 Å². The van der Waals surface area contributed by atoms with Crippen LogP contribution in [-0.4, -0.2) is 16.2 Å². The van der Waals surface area contributed by atoms with E-state index >= 15 is 0 Å². The Morgan fingerprint density at radius 1 is 0.694 bits per heavy atom. The minimum absolute atomic E-state index is 0.0520. The second-order valence-electron chi connectivity index (χ2n) is 13.2. The lowest BCUT2D eigenvalue weighted by Gasteiger charge is -2.25. The Kier molecular flexibility index (Phi) is 6.07. The number of para-hydroxylation sites is 3. The van der Waals surface area contributed by atoms with Gasteiger partial charge in [-0.05, 0) is 90.4 Å². The second-order valence-corrected chi connectivity index (χ2v) is 14.0. The average Bonchev–Trinajstić information content (AvgIpc) is 3.66. The normalized spacial score (nSPS) is 15.4. The van der Waals surface area contributed by atoms with Crippen LogP contribution in [0.3, 0.4) is 0 Å². The summed E-state index contributed by atoms with van der Waals surface area (Å²) in [6.07, 6.45) is 1.86. The summed E-state index contributed by atoms with van der Waals surface area (Å²) in [6.45, 7) is 1.38. The number of hydrogen-bond donors (Lipinski definition) is 0. The van der Waals surface area contributed by atoms with Gasteiger partial charge in [0.05, 0.1) is 38.1 Å². The molecule has 5 aromatic carbocycles. The van der Waals surface area contributed by atoms with Crippen LogP contribution >= 0.6 is 23.2 Å². The molecule has 5 nitrogen and oxygen atoms in total. The highest BCUT2D eigenvalue weighted by atomic mass is 35.5. The Hall–Kier alpha value is -4.97. The summed E-state index contributed by atoms with van der Waals surface area (Å²) in [5.41, 5.74) is 4.95. The predicted octanol–water partition coefficient (Wildman–Crippen LogP) is 12.4. The molecule has 2 aromatic heterocycles. The lowest BCUT2D eigenvalue weighted by Crippen LogP contribution is -2.24. The minimum atomic E-state index is -2.68. The Bertz CT molecular complexity index is 2590. The molecule has 0 atom stereocenters. The molecule has 0 amide bonds. The number of hydrogen-bond acceptors (Lipinski definition) is 4. The Morgan fingerprint density at radius 3 is 2.14 bits per heavy atom. The zero-order valence-corrected chi connectivity index (χ0v) is 28.6. The fraction of sp³-hybridized carbons (Fsp3) is 0.167. The summed E-state index contributed by atoms with van der Waals surface area (Å²) in [7, 11) is 0. The molecule has 0 unspecified atom stereocenters. The number of benzene rings is 5. The van der Waals surface area contributed by atoms with Gasteiger partial charge in [-0.2, -0.15) is 0 Å². The number of aromatic nitrogens is 2. The van der Waals surface area contributed by atoms with Crippen molar-refractivity contribution in [1.29, 1.82) is 0 Å². The maximum Gasteiger partial charge on any atom is 0.137 e. The molecule has 0 saturated carbocycles. The smallest absolute Gasteiger partial charge is 0.137 e. The van der Waals surface area contributed by atoms with Gasteiger partial charge in [0.15, 0.2) is 0 Å². The van der Waals surface area contributed by atoms with E-state index in [-0.39, 0.29) is 38.9 Å². The van der Waals surface area contributed by atoms with E-state index in [9.17, 15) is 0 Å². The van der Waals surface area contributed by atoms with Gasteiger partial charge in [0.25, 0.3) is 0 Å². The minimum Gasteiger partial charge on any atom is -0.457 e. The average molecular weight is 690 g/mol. The van der Waals surface area contributed by atoms with Gasteiger partial charge in [0, 0.05) is 43.0 Å². The van der Waals surface area contributed by atoms with E-state index in [4.69, 9.17) is 41.1 Å². The summed E-state index contributed by atoms with van der Waals surface area (Å²) < 4.78 is 57.5. The first-order chi connectivity index (χ1) is 26.0. The first kappa shape index (κ1) is 25.1. The van der Waals surface area contributed by atoms with Gasteiger partial charge < -0.3 is 14.5 Å². The number of pyridine rings is 1. The van der Waals surface area contributed by atoms with Gasteiger partial charge in [-0.3, -0.25) is 4.57 Å². The van der Waals surface area contributed by atoms with Crippen LogP contribution in [0.15, 0.2) is 115 Å². The van der Waals surface area contributed by atoms with Gasteiger partial charge in [0.2, 0.25) is 0 Å². The molecular formula is C42H36Cl2N4O. The number of ether oxygens (including phenoxy) is 1. The van der Waals surface area contributed by atoms with Gasteiger partial charge in [-0.25, -0.2) is 4.98 Å². The summed E-state index contributed by atoms with van der Waals surface area (Å²) in [6, 6.07) is 34.8. The van der Waals surface area contributed by atoms with E-state index in [1.807, 2.05) is 83.9 Å². The fourth-order valence-electron chi connectivity index (χ4n) is 6.60. The van der Waals surface area contributed by atoms with E-state index < -0.39 is 13.7 Å². The van der Waals surface area contributed by atoms with Crippen molar-refractivity contribution in [3.05, 3.63) is 142 Å². The number of rotatable bonds is 5. The first-order valence-corrected chi connectivity index (χ1v) is 16.7. The highest BCUT2D eigenvalue weighted by Gasteiger charge is 2.31. The Balaban J connectivity index is 1.18. The predicted molar refractivity (Wildman–Crippen MR) is 205 cm³/mol. The van der Waals surface area contributed by atoms with E-state index in [1.54, 1.807) is 4.90 Å². The molecule has 244 valence electrons. The third-order valence-electron chi connectivity index (χ3n) is 9.04. The van der Waals surface area contributed by atoms with Gasteiger partial charge in [-0.1, -0.05) is 86.4 Å². The van der Waals surface area contributed by atoms with E-state index in [0.29, 0.717) is 17.2 Å². The van der Waals surface area contributed by atoms with Crippen molar-refractivity contribution in [3.8, 4) is 17.3 Å². The maximum atomic E-state index is 8.12. The number of halogens is 2. The Labute approximate surface area is 305 Å². The molecular weight excluding hydrogens is 647 g/mol. The molecule has 8 rings (SSSR count). The van der Waals surface area contributed by atoms with E-state index in [2.05, 4.69) is 55.7 Å². The van der Waals surface area contributed by atoms with Crippen molar-refractivity contribution >= 4 is 67.8 Å². The highest BCUT2D eigenvalue weighted by molar-refractivity contribution is 6.40. The van der Waals surface area contributed by atoms with Crippen LogP contribution in [0, 0.1) is 13.7 Å². The summed E-state index contributed by atoms with van der Waals surface area (Å²) in [5, 5.41) is 1.94. The lowest BCUT2D eigenvalue weighted by molar-refractivity contribution is 0.483. The van der Waals surface area contributed by atoms with Gasteiger partial charge in [-0.15, -0.1) is 0 Å². The standard InChI is InChI=1S/C42H36Cl2N4O/c1-26-21-27(2)40(44)41(39(26)43)47-25-46(35-15-8-9-16-36(35)47)29-11-10-12-30(23-29)49-31-17-18-33-32-13-6-7-14-34(32)48(37(33)24-31)38-22-28(19-20-45-38)42(3,4)5/h6-24H,25H2,1-5H3/i1D3,2D3. The number of aryl methyl sites for hydroxylation is 2. The lowest BCUT2D eigenvalue weighted by atomic mass is 9.88. The van der Waals surface area contributed by atoms with Crippen LogP contribution < -0.4 is 14.5 Å². The van der Waals surface area contributed by atoms with Crippen LogP contribution in [0.5, 0.6) is 11.5 Å². The zero-order valence-electron chi connectivity index (χ0n) is 33.1. The third-order valence-corrected chi connectivity index (χ3v) is 9.81. The molecule has 1 aliphatic heterocycles. The molecule has 0 radical (unpaired) electrons. The molecule has 7 heteroatoms. The number of fused-ring (bicyclic) bond motifs is 4. The molecule has 7 aromatic rings. The zero-order chi connectivity index (χ0) is 39.0. The largest absolute Gasteiger partial charge is 0.457 e. The number of nitrogens with zero attached hydrogens (tertiary/aromatic N) is 4. The van der Waals surface area contributed by atoms with Crippen LogP contribution in [0.2, 0.25) is 10.0 Å². The van der Waals surface area contributed by atoms with Crippen molar-refractivity contribution in [1.82, 2.24) is 9.55 Å². The van der Waals surface area contributed by atoms with Gasteiger partial charge in [0.1, 0.15) is 24.0 Å². The van der Waals surface area contributed by atoms with Crippen molar-refractivity contribution in [2.24, 2.45) is 0 Å². The SMILES string of the molecule is [2H]C([2H])([2H])c1cc(C([2H])([2H])[2H])c(Cl)c(N2CN(c3cccc(Oc4ccc5c6ccccc6n(-c6cc(C(C)(C)C)ccn6)c5c4)c3)c3ccccc32)c1Cl. The third kappa shape index (κ3) is 5.38. The molecule has 0 spiro atoms. The summed E-state index contributed by atoms with van der Waals surface area (Å²) >= 11 is 13.6. The monoisotopic (exact) mass is 688 g/mol. The second kappa shape index (κ2) is 11.9. The van der Waals surface area contributed by atoms with Crippen molar-refractivity contribution in [2.45, 2.75) is 39.9 Å². The van der Waals surface area contributed by atoms with E-state index in [1.165, 1.54) is 5.56 Å². The van der Waals surface area contributed by atoms with Crippen molar-refractivity contribution in [2.75, 3.05) is 16.5 Å². The van der Waals surface area contributed by atoms with Gasteiger partial charge >= 0.3 is 0 Å². The fourth-order valence-corrected chi connectivity index (χ4v) is 7.16. The summed E-state index contributed by atoms with van der Waals surface area (Å²) in [5.74, 6) is 2.06. The molecule has 1 aliphatic rings.